The summed E-state index contributed by atoms with van der Waals surface area (Å²) < 4.78 is 6.02. The van der Waals surface area contributed by atoms with Gasteiger partial charge in [0.25, 0.3) is 0 Å². The first-order valence-electron chi connectivity index (χ1n) is 19.2. The van der Waals surface area contributed by atoms with E-state index in [1.165, 1.54) is 141 Å². The number of carboxylic acid groups (broad SMARTS) is 1. The van der Waals surface area contributed by atoms with E-state index < -0.39 is 5.97 Å². The maximum atomic E-state index is 12.6. The molecule has 0 spiro atoms. The summed E-state index contributed by atoms with van der Waals surface area (Å²) in [6.07, 6.45) is 42.3. The van der Waals surface area contributed by atoms with Gasteiger partial charge in [-0.2, -0.15) is 0 Å². The molecular weight excluding hydrogens is 532 g/mol. The van der Waals surface area contributed by atoms with Crippen molar-refractivity contribution in [3.63, 3.8) is 0 Å². The highest BCUT2D eigenvalue weighted by molar-refractivity contribution is 5.69. The molecule has 0 amide bonds. The molecule has 0 aliphatic carbocycles. The number of hydrogen-bond donors (Lipinski definition) is 1. The van der Waals surface area contributed by atoms with Crippen molar-refractivity contribution in [1.82, 2.24) is 0 Å². The molecule has 0 saturated carbocycles. The third kappa shape index (κ3) is 35.0. The average molecular weight is 607 g/mol. The van der Waals surface area contributed by atoms with Gasteiger partial charge in [-0.3, -0.25) is 9.59 Å². The van der Waals surface area contributed by atoms with Crippen LogP contribution in [0, 0.1) is 0 Å². The Labute approximate surface area is 268 Å². The second-order valence-electron chi connectivity index (χ2n) is 13.1. The lowest BCUT2D eigenvalue weighted by atomic mass is 10.0. The maximum Gasteiger partial charge on any atom is 0.306 e. The Hall–Kier alpha value is -1.32. The zero-order valence-corrected chi connectivity index (χ0v) is 29.0. The van der Waals surface area contributed by atoms with Gasteiger partial charge in [0.2, 0.25) is 0 Å². The Morgan fingerprint density at radius 3 is 1.28 bits per heavy atom. The van der Waals surface area contributed by atoms with E-state index in [4.69, 9.17) is 9.84 Å². The molecule has 0 aromatic carbocycles. The lowest BCUT2D eigenvalue weighted by molar-refractivity contribution is -0.150. The Bertz CT molecular complexity index is 614. The quantitative estimate of drug-likeness (QED) is 0.0443. The number of carbonyl (C=O) groups is 2. The topological polar surface area (TPSA) is 63.6 Å². The second-order valence-corrected chi connectivity index (χ2v) is 13.1. The Kier molecular flexibility index (Phi) is 34.1. The number of aliphatic carboxylic acids is 1. The van der Waals surface area contributed by atoms with Gasteiger partial charge in [0, 0.05) is 12.8 Å². The minimum Gasteiger partial charge on any atom is -0.481 e. The Morgan fingerprint density at radius 2 is 0.837 bits per heavy atom. The summed E-state index contributed by atoms with van der Waals surface area (Å²) in [7, 11) is 0. The zero-order valence-electron chi connectivity index (χ0n) is 29.0. The average Bonchev–Trinajstić information content (AvgIpc) is 2.99. The Balaban J connectivity index is 4.02. The van der Waals surface area contributed by atoms with Crippen LogP contribution in [-0.4, -0.2) is 23.1 Å². The molecule has 0 rings (SSSR count). The second kappa shape index (κ2) is 35.2. The molecule has 0 heterocycles. The third-order valence-corrected chi connectivity index (χ3v) is 8.74. The number of ether oxygens (including phenoxy) is 1. The van der Waals surface area contributed by atoms with Crippen LogP contribution in [0.2, 0.25) is 0 Å². The summed E-state index contributed by atoms with van der Waals surface area (Å²) in [5.41, 5.74) is 0. The third-order valence-electron chi connectivity index (χ3n) is 8.74. The molecule has 0 aromatic heterocycles. The van der Waals surface area contributed by atoms with Crippen molar-refractivity contribution >= 4 is 11.9 Å². The van der Waals surface area contributed by atoms with Crippen LogP contribution < -0.4 is 0 Å². The fourth-order valence-electron chi connectivity index (χ4n) is 5.89. The van der Waals surface area contributed by atoms with Gasteiger partial charge < -0.3 is 9.84 Å². The van der Waals surface area contributed by atoms with Crippen LogP contribution in [0.25, 0.3) is 0 Å². The molecule has 4 nitrogen and oxygen atoms in total. The Morgan fingerprint density at radius 1 is 0.488 bits per heavy atom. The first-order chi connectivity index (χ1) is 21.1. The van der Waals surface area contributed by atoms with Gasteiger partial charge in [0.05, 0.1) is 0 Å². The summed E-state index contributed by atoms with van der Waals surface area (Å²) in [5.74, 6) is -0.658. The van der Waals surface area contributed by atoms with Crippen LogP contribution in [0.5, 0.6) is 0 Å². The maximum absolute atomic E-state index is 12.6. The number of hydrogen-bond acceptors (Lipinski definition) is 3. The molecular formula is C39H74O4. The van der Waals surface area contributed by atoms with E-state index in [0.29, 0.717) is 12.8 Å². The summed E-state index contributed by atoms with van der Waals surface area (Å²) in [4.78, 5) is 23.2. The molecule has 4 heteroatoms. The highest BCUT2D eigenvalue weighted by Crippen LogP contribution is 2.19. The van der Waals surface area contributed by atoms with E-state index in [-0.39, 0.29) is 12.1 Å². The molecule has 0 fully saturated rings. The number of esters is 1. The van der Waals surface area contributed by atoms with Gasteiger partial charge in [-0.25, -0.2) is 0 Å². The highest BCUT2D eigenvalue weighted by Gasteiger charge is 2.14. The summed E-state index contributed by atoms with van der Waals surface area (Å²) in [6, 6.07) is 0. The normalized spacial score (nSPS) is 12.2. The molecule has 0 radical (unpaired) electrons. The molecule has 0 aliphatic rings. The van der Waals surface area contributed by atoms with Gasteiger partial charge in [0.1, 0.15) is 6.10 Å². The molecule has 43 heavy (non-hydrogen) atoms. The number of carboxylic acids is 1. The number of carbonyl (C=O) groups excluding carboxylic acids is 1. The molecule has 0 saturated heterocycles. The molecule has 1 N–H and O–H groups in total. The van der Waals surface area contributed by atoms with E-state index in [9.17, 15) is 9.59 Å². The number of allylic oxidation sites excluding steroid dienone is 2. The van der Waals surface area contributed by atoms with E-state index in [0.717, 1.165) is 51.4 Å². The van der Waals surface area contributed by atoms with Gasteiger partial charge in [0.15, 0.2) is 0 Å². The van der Waals surface area contributed by atoms with Crippen LogP contribution in [0.15, 0.2) is 12.2 Å². The van der Waals surface area contributed by atoms with Crippen LogP contribution in [0.3, 0.4) is 0 Å². The lowest BCUT2D eigenvalue weighted by Crippen LogP contribution is -2.18. The van der Waals surface area contributed by atoms with Crippen molar-refractivity contribution < 1.29 is 19.4 Å². The zero-order chi connectivity index (χ0) is 31.5. The number of rotatable bonds is 35. The lowest BCUT2D eigenvalue weighted by Gasteiger charge is -2.18. The molecule has 1 unspecified atom stereocenters. The van der Waals surface area contributed by atoms with Crippen LogP contribution in [0.1, 0.15) is 219 Å². The van der Waals surface area contributed by atoms with Crippen molar-refractivity contribution in [2.45, 2.75) is 225 Å². The standard InChI is InChI=1S/C39H74O4/c1-3-5-7-9-11-13-14-15-16-17-18-24-28-32-36-39(42)43-37(33-29-25-21-12-10-8-6-4-2)34-30-26-22-19-20-23-27-31-35-38(40)41/h13-14,37H,3-12,15-36H2,1-2H3,(H,40,41)/b14-13-. The monoisotopic (exact) mass is 607 g/mol. The predicted octanol–water partition coefficient (Wildman–Crippen LogP) is 13.1. The van der Waals surface area contributed by atoms with Gasteiger partial charge in [-0.1, -0.05) is 154 Å². The largest absolute Gasteiger partial charge is 0.481 e. The summed E-state index contributed by atoms with van der Waals surface area (Å²) in [5, 5.41) is 8.73. The molecule has 254 valence electrons. The van der Waals surface area contributed by atoms with Crippen molar-refractivity contribution in [1.29, 1.82) is 0 Å². The number of unbranched alkanes of at least 4 members (excludes halogenated alkanes) is 24. The SMILES string of the molecule is CCCCCC/C=C\CCCCCCCCC(=O)OC(CCCCCCCCCC)CCCCCCCCCCC(=O)O. The predicted molar refractivity (Wildman–Crippen MR) is 186 cm³/mol. The molecule has 0 bridgehead atoms. The van der Waals surface area contributed by atoms with Crippen LogP contribution in [-0.2, 0) is 14.3 Å². The van der Waals surface area contributed by atoms with Crippen molar-refractivity contribution in [2.75, 3.05) is 0 Å². The van der Waals surface area contributed by atoms with Gasteiger partial charge in [-0.15, -0.1) is 0 Å². The minimum atomic E-state index is -0.681. The molecule has 0 aliphatic heterocycles. The smallest absolute Gasteiger partial charge is 0.306 e. The van der Waals surface area contributed by atoms with Gasteiger partial charge >= 0.3 is 11.9 Å². The summed E-state index contributed by atoms with van der Waals surface area (Å²) >= 11 is 0. The van der Waals surface area contributed by atoms with Gasteiger partial charge in [-0.05, 0) is 64.2 Å². The van der Waals surface area contributed by atoms with E-state index in [2.05, 4.69) is 26.0 Å². The van der Waals surface area contributed by atoms with E-state index in [1.807, 2.05) is 0 Å². The fourth-order valence-corrected chi connectivity index (χ4v) is 5.89. The van der Waals surface area contributed by atoms with Crippen molar-refractivity contribution in [3.8, 4) is 0 Å². The van der Waals surface area contributed by atoms with E-state index in [1.54, 1.807) is 0 Å². The molecule has 1 atom stereocenters. The van der Waals surface area contributed by atoms with Crippen LogP contribution >= 0.6 is 0 Å². The van der Waals surface area contributed by atoms with Crippen molar-refractivity contribution in [3.05, 3.63) is 12.2 Å². The first-order valence-corrected chi connectivity index (χ1v) is 19.2. The first kappa shape index (κ1) is 41.7. The molecule has 0 aromatic rings. The van der Waals surface area contributed by atoms with E-state index >= 15 is 0 Å². The summed E-state index contributed by atoms with van der Waals surface area (Å²) in [6.45, 7) is 4.53. The fraction of sp³-hybridized carbons (Fsp3) is 0.897. The van der Waals surface area contributed by atoms with Crippen LogP contribution in [0.4, 0.5) is 0 Å². The highest BCUT2D eigenvalue weighted by atomic mass is 16.5. The van der Waals surface area contributed by atoms with Crippen molar-refractivity contribution in [2.24, 2.45) is 0 Å². The minimum absolute atomic E-state index is 0.0231.